The van der Waals surface area contributed by atoms with Crippen molar-refractivity contribution in [1.29, 1.82) is 0 Å². The Bertz CT molecular complexity index is 326. The smallest absolute Gasteiger partial charge is 0.167 e. The number of carbonyl (C=O) groups excluding carboxylic acids is 1. The first-order chi connectivity index (χ1) is 7.69. The Morgan fingerprint density at radius 3 is 2.06 bits per heavy atom. The van der Waals surface area contributed by atoms with Gasteiger partial charge < -0.3 is 0 Å². The maximum atomic E-state index is 12.2. The standard InChI is InChI=1S/C13H18OS2/c1-10-4-6-11(7-5-10)13(14)12(8-15-2)9-16-3/h4-7,12H,8-9H2,1-3H3. The van der Waals surface area contributed by atoms with E-state index in [1.54, 1.807) is 23.5 Å². The number of Topliss-reactive ketones (excluding diaryl/α,β-unsaturated/α-hetero) is 1. The van der Waals surface area contributed by atoms with Gasteiger partial charge >= 0.3 is 0 Å². The molecule has 0 atom stereocenters. The average Bonchev–Trinajstić information content (AvgIpc) is 2.29. The summed E-state index contributed by atoms with van der Waals surface area (Å²) in [6.45, 7) is 2.04. The minimum absolute atomic E-state index is 0.146. The monoisotopic (exact) mass is 254 g/mol. The third-order valence-corrected chi connectivity index (χ3v) is 3.91. The van der Waals surface area contributed by atoms with Gasteiger partial charge in [-0.3, -0.25) is 4.79 Å². The van der Waals surface area contributed by atoms with Gasteiger partial charge in [0.25, 0.3) is 0 Å². The van der Waals surface area contributed by atoms with Gasteiger partial charge in [-0.05, 0) is 19.4 Å². The summed E-state index contributed by atoms with van der Waals surface area (Å²) >= 11 is 3.48. The SMILES string of the molecule is CSCC(CSC)C(=O)c1ccc(C)cc1. The number of rotatable bonds is 6. The van der Waals surface area contributed by atoms with Crippen LogP contribution in [0.25, 0.3) is 0 Å². The predicted octanol–water partition coefficient (Wildman–Crippen LogP) is 3.52. The fourth-order valence-corrected chi connectivity index (χ4v) is 3.05. The zero-order valence-electron chi connectivity index (χ0n) is 10.0. The zero-order valence-corrected chi connectivity index (χ0v) is 11.7. The lowest BCUT2D eigenvalue weighted by Gasteiger charge is -2.13. The lowest BCUT2D eigenvalue weighted by Crippen LogP contribution is -2.19. The van der Waals surface area contributed by atoms with Gasteiger partial charge in [0.05, 0.1) is 0 Å². The third kappa shape index (κ3) is 3.87. The molecule has 0 aliphatic heterocycles. The second kappa shape index (κ2) is 7.02. The van der Waals surface area contributed by atoms with E-state index in [0.29, 0.717) is 0 Å². The van der Waals surface area contributed by atoms with Crippen LogP contribution in [0.15, 0.2) is 24.3 Å². The summed E-state index contributed by atoms with van der Waals surface area (Å²) in [4.78, 5) is 12.2. The van der Waals surface area contributed by atoms with E-state index in [1.807, 2.05) is 31.2 Å². The van der Waals surface area contributed by atoms with Crippen LogP contribution < -0.4 is 0 Å². The van der Waals surface area contributed by atoms with E-state index in [-0.39, 0.29) is 11.7 Å². The van der Waals surface area contributed by atoms with Crippen molar-refractivity contribution >= 4 is 29.3 Å². The largest absolute Gasteiger partial charge is 0.294 e. The Morgan fingerprint density at radius 1 is 1.12 bits per heavy atom. The highest BCUT2D eigenvalue weighted by atomic mass is 32.2. The minimum atomic E-state index is 0.146. The molecule has 1 nitrogen and oxygen atoms in total. The van der Waals surface area contributed by atoms with E-state index < -0.39 is 0 Å². The van der Waals surface area contributed by atoms with Crippen molar-refractivity contribution in [3.63, 3.8) is 0 Å². The summed E-state index contributed by atoms with van der Waals surface area (Å²) in [7, 11) is 0. The number of hydrogen-bond donors (Lipinski definition) is 0. The van der Waals surface area contributed by atoms with Crippen LogP contribution in [0.4, 0.5) is 0 Å². The number of carbonyl (C=O) groups is 1. The molecule has 1 rings (SSSR count). The van der Waals surface area contributed by atoms with Crippen molar-refractivity contribution in [2.75, 3.05) is 24.0 Å². The molecule has 1 aromatic carbocycles. The van der Waals surface area contributed by atoms with Gasteiger partial charge in [0.2, 0.25) is 0 Å². The molecule has 0 saturated carbocycles. The predicted molar refractivity (Wildman–Crippen MR) is 75.8 cm³/mol. The van der Waals surface area contributed by atoms with Gasteiger partial charge in [0.15, 0.2) is 5.78 Å². The number of thioether (sulfide) groups is 2. The zero-order chi connectivity index (χ0) is 12.0. The Kier molecular flexibility index (Phi) is 5.99. The first-order valence-corrected chi connectivity index (χ1v) is 8.06. The van der Waals surface area contributed by atoms with Crippen LogP contribution in [0.1, 0.15) is 15.9 Å². The van der Waals surface area contributed by atoms with Crippen LogP contribution in [0.2, 0.25) is 0 Å². The summed E-state index contributed by atoms with van der Waals surface area (Å²) in [5.74, 6) is 2.25. The van der Waals surface area contributed by atoms with Gasteiger partial charge in [0, 0.05) is 23.0 Å². The lowest BCUT2D eigenvalue weighted by molar-refractivity contribution is 0.0944. The maximum Gasteiger partial charge on any atom is 0.167 e. The molecule has 88 valence electrons. The molecule has 3 heteroatoms. The van der Waals surface area contributed by atoms with E-state index in [0.717, 1.165) is 17.1 Å². The molecule has 0 saturated heterocycles. The first-order valence-electron chi connectivity index (χ1n) is 5.27. The highest BCUT2D eigenvalue weighted by Crippen LogP contribution is 2.17. The molecule has 0 aliphatic rings. The number of aryl methyl sites for hydroxylation is 1. The molecule has 0 amide bonds. The second-order valence-electron chi connectivity index (χ2n) is 3.84. The van der Waals surface area contributed by atoms with E-state index in [9.17, 15) is 4.79 Å². The van der Waals surface area contributed by atoms with E-state index in [2.05, 4.69) is 12.5 Å². The van der Waals surface area contributed by atoms with Crippen molar-refractivity contribution in [2.24, 2.45) is 5.92 Å². The van der Waals surface area contributed by atoms with Crippen LogP contribution in [-0.2, 0) is 0 Å². The third-order valence-electron chi connectivity index (χ3n) is 2.44. The van der Waals surface area contributed by atoms with E-state index in [4.69, 9.17) is 0 Å². The molecule has 0 heterocycles. The summed E-state index contributed by atoms with van der Waals surface area (Å²) < 4.78 is 0. The number of benzene rings is 1. The van der Waals surface area contributed by atoms with Crippen LogP contribution in [0, 0.1) is 12.8 Å². The molecular formula is C13H18OS2. The van der Waals surface area contributed by atoms with Gasteiger partial charge in [-0.2, -0.15) is 23.5 Å². The molecule has 1 aromatic rings. The fraction of sp³-hybridized carbons (Fsp3) is 0.462. The maximum absolute atomic E-state index is 12.2. The van der Waals surface area contributed by atoms with E-state index >= 15 is 0 Å². The molecule has 0 unspecified atom stereocenters. The van der Waals surface area contributed by atoms with Crippen molar-refractivity contribution in [1.82, 2.24) is 0 Å². The summed E-state index contributed by atoms with van der Waals surface area (Å²) in [5, 5.41) is 0. The molecule has 0 spiro atoms. The average molecular weight is 254 g/mol. The molecule has 16 heavy (non-hydrogen) atoms. The molecule has 0 aliphatic carbocycles. The topological polar surface area (TPSA) is 17.1 Å². The minimum Gasteiger partial charge on any atom is -0.294 e. The van der Waals surface area contributed by atoms with Gasteiger partial charge in [-0.25, -0.2) is 0 Å². The number of ketones is 1. The summed E-state index contributed by atoms with van der Waals surface area (Å²) in [5.41, 5.74) is 2.04. The quantitative estimate of drug-likeness (QED) is 0.723. The van der Waals surface area contributed by atoms with Crippen LogP contribution >= 0.6 is 23.5 Å². The molecular weight excluding hydrogens is 236 g/mol. The van der Waals surface area contributed by atoms with Crippen LogP contribution in [-0.4, -0.2) is 29.8 Å². The molecule has 0 N–H and O–H groups in total. The van der Waals surface area contributed by atoms with Gasteiger partial charge in [-0.1, -0.05) is 29.8 Å². The van der Waals surface area contributed by atoms with Crippen molar-refractivity contribution < 1.29 is 4.79 Å². The lowest BCUT2D eigenvalue weighted by atomic mass is 10.00. The van der Waals surface area contributed by atoms with Gasteiger partial charge in [-0.15, -0.1) is 0 Å². The van der Waals surface area contributed by atoms with Crippen molar-refractivity contribution in [3.8, 4) is 0 Å². The Labute approximate surface area is 106 Å². The molecule has 0 fully saturated rings. The molecule has 0 aromatic heterocycles. The fourth-order valence-electron chi connectivity index (χ4n) is 1.56. The van der Waals surface area contributed by atoms with E-state index in [1.165, 1.54) is 5.56 Å². The Morgan fingerprint density at radius 2 is 1.62 bits per heavy atom. The van der Waals surface area contributed by atoms with Crippen molar-refractivity contribution in [3.05, 3.63) is 35.4 Å². The molecule has 0 bridgehead atoms. The molecule has 0 radical (unpaired) electrons. The van der Waals surface area contributed by atoms with Crippen LogP contribution in [0.3, 0.4) is 0 Å². The first kappa shape index (κ1) is 13.7. The Hall–Kier alpha value is -0.410. The van der Waals surface area contributed by atoms with Crippen molar-refractivity contribution in [2.45, 2.75) is 6.92 Å². The summed E-state index contributed by atoms with van der Waals surface area (Å²) in [6.07, 6.45) is 4.10. The normalized spacial score (nSPS) is 10.8. The highest BCUT2D eigenvalue weighted by molar-refractivity contribution is 7.99. The van der Waals surface area contributed by atoms with Crippen LogP contribution in [0.5, 0.6) is 0 Å². The summed E-state index contributed by atoms with van der Waals surface area (Å²) in [6, 6.07) is 7.88. The Balaban J connectivity index is 2.77. The highest BCUT2D eigenvalue weighted by Gasteiger charge is 2.18. The second-order valence-corrected chi connectivity index (χ2v) is 5.66. The number of hydrogen-bond acceptors (Lipinski definition) is 3. The van der Waals surface area contributed by atoms with Gasteiger partial charge in [0.1, 0.15) is 0 Å².